The van der Waals surface area contributed by atoms with E-state index < -0.39 is 11.2 Å². The molecule has 0 atom stereocenters. The number of aromatic nitrogens is 3. The summed E-state index contributed by atoms with van der Waals surface area (Å²) in [7, 11) is 1.81. The van der Waals surface area contributed by atoms with Crippen LogP contribution >= 0.6 is 0 Å². The Morgan fingerprint density at radius 1 is 1.12 bits per heavy atom. The second-order valence-corrected chi connectivity index (χ2v) is 5.31. The zero-order valence-corrected chi connectivity index (χ0v) is 13.0. The van der Waals surface area contributed by atoms with Crippen LogP contribution in [-0.4, -0.2) is 20.4 Å². The van der Waals surface area contributed by atoms with E-state index >= 15 is 0 Å². The van der Waals surface area contributed by atoms with Gasteiger partial charge in [-0.3, -0.25) is 14.6 Å². The number of carbonyl (C=O) groups excluding carboxylic acids is 1. The second-order valence-electron chi connectivity index (χ2n) is 5.31. The molecular formula is C17H16N4O3. The summed E-state index contributed by atoms with van der Waals surface area (Å²) in [5.74, 6) is -0.301. The Labute approximate surface area is 137 Å². The molecule has 3 N–H and O–H groups in total. The molecule has 0 saturated heterocycles. The number of rotatable bonds is 4. The van der Waals surface area contributed by atoms with Crippen molar-refractivity contribution in [2.75, 3.05) is 0 Å². The Morgan fingerprint density at radius 2 is 1.88 bits per heavy atom. The van der Waals surface area contributed by atoms with Gasteiger partial charge in [-0.1, -0.05) is 30.3 Å². The van der Waals surface area contributed by atoms with Crippen molar-refractivity contribution in [2.24, 2.45) is 7.05 Å². The quantitative estimate of drug-likeness (QED) is 0.667. The van der Waals surface area contributed by atoms with E-state index in [0.717, 1.165) is 11.3 Å². The SMILES string of the molecule is Cn1c(C(=O)NCc2c[nH]c(=O)[nH]c2=O)ccc1-c1ccccc1. The molecule has 2 aromatic heterocycles. The minimum absolute atomic E-state index is 0.0246. The lowest BCUT2D eigenvalue weighted by atomic mass is 10.2. The second kappa shape index (κ2) is 6.41. The lowest BCUT2D eigenvalue weighted by Gasteiger charge is -2.08. The lowest BCUT2D eigenvalue weighted by Crippen LogP contribution is -2.31. The van der Waals surface area contributed by atoms with E-state index in [0.29, 0.717) is 5.69 Å². The molecule has 0 radical (unpaired) electrons. The molecule has 122 valence electrons. The largest absolute Gasteiger partial charge is 0.346 e. The standard InChI is InChI=1S/C17H16N4O3/c1-21-13(11-5-3-2-4-6-11)7-8-14(21)16(23)18-9-12-10-19-17(24)20-15(12)22/h2-8,10H,9H2,1H3,(H,18,23)(H2,19,20,22,24). The zero-order chi connectivity index (χ0) is 17.1. The number of hydrogen-bond donors (Lipinski definition) is 3. The fraction of sp³-hybridized carbons (Fsp3) is 0.118. The fourth-order valence-electron chi connectivity index (χ4n) is 2.47. The molecule has 0 bridgehead atoms. The summed E-state index contributed by atoms with van der Waals surface area (Å²) in [4.78, 5) is 39.4. The maximum absolute atomic E-state index is 12.3. The molecule has 3 aromatic rings. The third kappa shape index (κ3) is 3.05. The van der Waals surface area contributed by atoms with Crippen LogP contribution in [0.4, 0.5) is 0 Å². The highest BCUT2D eigenvalue weighted by atomic mass is 16.2. The van der Waals surface area contributed by atoms with Crippen molar-refractivity contribution in [2.45, 2.75) is 6.54 Å². The zero-order valence-electron chi connectivity index (χ0n) is 13.0. The van der Waals surface area contributed by atoms with Crippen LogP contribution < -0.4 is 16.6 Å². The smallest absolute Gasteiger partial charge is 0.325 e. The third-order valence-electron chi connectivity index (χ3n) is 3.76. The van der Waals surface area contributed by atoms with Crippen LogP contribution in [0.15, 0.2) is 58.3 Å². The molecule has 0 aliphatic heterocycles. The molecule has 7 heteroatoms. The van der Waals surface area contributed by atoms with Crippen LogP contribution in [0.2, 0.25) is 0 Å². The highest BCUT2D eigenvalue weighted by molar-refractivity contribution is 5.93. The van der Waals surface area contributed by atoms with Crippen LogP contribution in [-0.2, 0) is 13.6 Å². The molecule has 0 saturated carbocycles. The van der Waals surface area contributed by atoms with Crippen LogP contribution in [0, 0.1) is 0 Å². The average Bonchev–Trinajstić information content (AvgIpc) is 2.96. The number of H-pyrrole nitrogens is 2. The number of nitrogens with zero attached hydrogens (tertiary/aromatic N) is 1. The van der Waals surface area contributed by atoms with Gasteiger partial charge in [-0.2, -0.15) is 0 Å². The molecule has 1 aromatic carbocycles. The number of amides is 1. The molecule has 0 fully saturated rings. The van der Waals surface area contributed by atoms with E-state index in [2.05, 4.69) is 15.3 Å². The Hall–Kier alpha value is -3.35. The average molecular weight is 324 g/mol. The number of aromatic amines is 2. The summed E-state index contributed by atoms with van der Waals surface area (Å²) in [6.07, 6.45) is 1.29. The number of benzene rings is 1. The van der Waals surface area contributed by atoms with E-state index in [4.69, 9.17) is 0 Å². The van der Waals surface area contributed by atoms with E-state index in [9.17, 15) is 14.4 Å². The molecule has 2 heterocycles. The Balaban J connectivity index is 1.78. The minimum atomic E-state index is -0.579. The van der Waals surface area contributed by atoms with Crippen molar-refractivity contribution in [1.29, 1.82) is 0 Å². The van der Waals surface area contributed by atoms with E-state index in [-0.39, 0.29) is 18.0 Å². The van der Waals surface area contributed by atoms with Gasteiger partial charge in [0.15, 0.2) is 0 Å². The van der Waals surface area contributed by atoms with Gasteiger partial charge in [0.25, 0.3) is 11.5 Å². The summed E-state index contributed by atoms with van der Waals surface area (Å²) >= 11 is 0. The van der Waals surface area contributed by atoms with Crippen LogP contribution in [0.1, 0.15) is 16.1 Å². The Kier molecular flexibility index (Phi) is 4.15. The topological polar surface area (TPSA) is 99.8 Å². The van der Waals surface area contributed by atoms with Crippen LogP contribution in [0.5, 0.6) is 0 Å². The van der Waals surface area contributed by atoms with Crippen molar-refractivity contribution >= 4 is 5.91 Å². The maximum atomic E-state index is 12.3. The summed E-state index contributed by atoms with van der Waals surface area (Å²) in [6.45, 7) is 0.0246. The van der Waals surface area contributed by atoms with Gasteiger partial charge in [0.2, 0.25) is 0 Å². The first-order chi connectivity index (χ1) is 11.6. The molecule has 1 amide bonds. The van der Waals surface area contributed by atoms with Crippen LogP contribution in [0.3, 0.4) is 0 Å². The summed E-state index contributed by atoms with van der Waals surface area (Å²) in [5.41, 5.74) is 1.59. The van der Waals surface area contributed by atoms with Crippen LogP contribution in [0.25, 0.3) is 11.3 Å². The molecule has 3 rings (SSSR count). The maximum Gasteiger partial charge on any atom is 0.325 e. The van der Waals surface area contributed by atoms with Gasteiger partial charge in [-0.25, -0.2) is 4.79 Å². The number of carbonyl (C=O) groups is 1. The van der Waals surface area contributed by atoms with Gasteiger partial charge in [-0.05, 0) is 17.7 Å². The first kappa shape index (κ1) is 15.5. The Morgan fingerprint density at radius 3 is 2.58 bits per heavy atom. The van der Waals surface area contributed by atoms with Crippen molar-refractivity contribution in [3.05, 3.63) is 80.8 Å². The molecular weight excluding hydrogens is 308 g/mol. The Bertz CT molecular complexity index is 983. The van der Waals surface area contributed by atoms with Crippen molar-refractivity contribution in [3.63, 3.8) is 0 Å². The van der Waals surface area contributed by atoms with E-state index in [1.165, 1.54) is 6.20 Å². The minimum Gasteiger partial charge on any atom is -0.346 e. The highest BCUT2D eigenvalue weighted by Crippen LogP contribution is 2.21. The van der Waals surface area contributed by atoms with Gasteiger partial charge in [-0.15, -0.1) is 0 Å². The third-order valence-corrected chi connectivity index (χ3v) is 3.76. The molecule has 0 aliphatic rings. The molecule has 24 heavy (non-hydrogen) atoms. The van der Waals surface area contributed by atoms with Gasteiger partial charge in [0, 0.05) is 18.9 Å². The van der Waals surface area contributed by atoms with E-state index in [1.54, 1.807) is 10.6 Å². The first-order valence-corrected chi connectivity index (χ1v) is 7.36. The van der Waals surface area contributed by atoms with Gasteiger partial charge < -0.3 is 14.9 Å². The van der Waals surface area contributed by atoms with Gasteiger partial charge in [0.05, 0.1) is 12.1 Å². The van der Waals surface area contributed by atoms with E-state index in [1.807, 2.05) is 43.4 Å². The molecule has 7 nitrogen and oxygen atoms in total. The van der Waals surface area contributed by atoms with Crippen molar-refractivity contribution in [1.82, 2.24) is 19.9 Å². The fourth-order valence-corrected chi connectivity index (χ4v) is 2.47. The summed E-state index contributed by atoms with van der Waals surface area (Å²) in [5, 5.41) is 2.68. The number of nitrogens with one attached hydrogen (secondary N) is 3. The predicted molar refractivity (Wildman–Crippen MR) is 89.7 cm³/mol. The van der Waals surface area contributed by atoms with Gasteiger partial charge in [0.1, 0.15) is 5.69 Å². The normalized spacial score (nSPS) is 10.5. The molecule has 0 unspecified atom stereocenters. The monoisotopic (exact) mass is 324 g/mol. The molecule has 0 aliphatic carbocycles. The highest BCUT2D eigenvalue weighted by Gasteiger charge is 2.13. The van der Waals surface area contributed by atoms with Gasteiger partial charge >= 0.3 is 5.69 Å². The van der Waals surface area contributed by atoms with Crippen molar-refractivity contribution in [3.8, 4) is 11.3 Å². The lowest BCUT2D eigenvalue weighted by molar-refractivity contribution is 0.0943. The predicted octanol–water partition coefficient (Wildman–Crippen LogP) is 0.999. The molecule has 0 spiro atoms. The first-order valence-electron chi connectivity index (χ1n) is 7.36. The summed E-state index contributed by atoms with van der Waals surface area (Å²) < 4.78 is 1.79. The summed E-state index contributed by atoms with van der Waals surface area (Å²) in [6, 6.07) is 13.3. The van der Waals surface area contributed by atoms with Crippen molar-refractivity contribution < 1.29 is 4.79 Å². The number of hydrogen-bond acceptors (Lipinski definition) is 3.